The van der Waals surface area contributed by atoms with E-state index < -0.39 is 0 Å². The molecule has 5 nitrogen and oxygen atoms in total. The maximum Gasteiger partial charge on any atom is 0.251 e. The average Bonchev–Trinajstić information content (AvgIpc) is 3.27. The predicted octanol–water partition coefficient (Wildman–Crippen LogP) is 2.17. The molecule has 1 spiro atoms. The van der Waals surface area contributed by atoms with E-state index in [-0.39, 0.29) is 29.4 Å². The zero-order valence-corrected chi connectivity index (χ0v) is 14.8. The summed E-state index contributed by atoms with van der Waals surface area (Å²) in [5.41, 5.74) is 0.999. The molecule has 0 radical (unpaired) electrons. The first kappa shape index (κ1) is 16.6. The Morgan fingerprint density at radius 1 is 1.20 bits per heavy atom. The summed E-state index contributed by atoms with van der Waals surface area (Å²) in [6.07, 6.45) is 4.15. The van der Waals surface area contributed by atoms with Gasteiger partial charge in [0.2, 0.25) is 5.91 Å². The molecule has 3 aliphatic rings. The molecule has 1 unspecified atom stereocenters. The van der Waals surface area contributed by atoms with E-state index in [0.29, 0.717) is 6.61 Å². The first-order chi connectivity index (χ1) is 12.1. The molecular weight excluding hydrogens is 316 g/mol. The van der Waals surface area contributed by atoms with E-state index in [0.717, 1.165) is 50.8 Å². The molecule has 2 atom stereocenters. The van der Waals surface area contributed by atoms with Crippen molar-refractivity contribution in [2.75, 3.05) is 26.7 Å². The Morgan fingerprint density at radius 2 is 1.92 bits per heavy atom. The highest BCUT2D eigenvalue weighted by atomic mass is 16.5. The first-order valence-corrected chi connectivity index (χ1v) is 9.34. The van der Waals surface area contributed by atoms with Gasteiger partial charge in [0.25, 0.3) is 5.91 Å². The number of hydrogen-bond donors (Lipinski definition) is 0. The van der Waals surface area contributed by atoms with E-state index in [2.05, 4.69) is 0 Å². The van der Waals surface area contributed by atoms with Crippen LogP contribution in [0.15, 0.2) is 30.3 Å². The van der Waals surface area contributed by atoms with Crippen LogP contribution in [0.5, 0.6) is 0 Å². The molecule has 25 heavy (non-hydrogen) atoms. The topological polar surface area (TPSA) is 49.9 Å². The van der Waals surface area contributed by atoms with Gasteiger partial charge in [-0.1, -0.05) is 30.3 Å². The number of carbonyl (C=O) groups excluding carboxylic acids is 2. The minimum Gasteiger partial charge on any atom is -0.368 e. The van der Waals surface area contributed by atoms with Gasteiger partial charge in [0.05, 0.1) is 5.92 Å². The summed E-state index contributed by atoms with van der Waals surface area (Å²) >= 11 is 0. The normalized spacial score (nSPS) is 28.8. The Kier molecular flexibility index (Phi) is 4.28. The average molecular weight is 342 g/mol. The second-order valence-electron chi connectivity index (χ2n) is 7.62. The zero-order valence-electron chi connectivity index (χ0n) is 14.8. The summed E-state index contributed by atoms with van der Waals surface area (Å²) in [6, 6.07) is 10.1. The number of piperidine rings is 1. The number of carbonyl (C=O) groups is 2. The number of likely N-dealkylation sites (N-methyl/N-ethyl adjacent to an activating group) is 1. The smallest absolute Gasteiger partial charge is 0.251 e. The molecule has 4 rings (SSSR count). The van der Waals surface area contributed by atoms with E-state index in [1.807, 2.05) is 47.2 Å². The van der Waals surface area contributed by atoms with Crippen molar-refractivity contribution in [2.45, 2.75) is 49.7 Å². The summed E-state index contributed by atoms with van der Waals surface area (Å²) < 4.78 is 5.54. The third kappa shape index (κ3) is 2.84. The lowest BCUT2D eigenvalue weighted by Gasteiger charge is -2.43. The zero-order chi connectivity index (χ0) is 17.4. The van der Waals surface area contributed by atoms with Crippen molar-refractivity contribution in [1.82, 2.24) is 9.80 Å². The van der Waals surface area contributed by atoms with Crippen molar-refractivity contribution >= 4 is 11.8 Å². The third-order valence-electron chi connectivity index (χ3n) is 6.34. The van der Waals surface area contributed by atoms with Crippen molar-refractivity contribution in [3.8, 4) is 0 Å². The van der Waals surface area contributed by atoms with Crippen molar-refractivity contribution < 1.29 is 14.3 Å². The number of amides is 2. The Morgan fingerprint density at radius 3 is 2.56 bits per heavy atom. The molecule has 1 aromatic rings. The van der Waals surface area contributed by atoms with E-state index in [4.69, 9.17) is 4.74 Å². The van der Waals surface area contributed by atoms with Crippen molar-refractivity contribution in [2.24, 2.45) is 0 Å². The second-order valence-corrected chi connectivity index (χ2v) is 7.62. The van der Waals surface area contributed by atoms with E-state index in [1.54, 1.807) is 0 Å². The summed E-state index contributed by atoms with van der Waals surface area (Å²) in [4.78, 5) is 29.3. The molecule has 1 aromatic carbocycles. The lowest BCUT2D eigenvalue weighted by atomic mass is 9.81. The molecule has 0 N–H and O–H groups in total. The summed E-state index contributed by atoms with van der Waals surface area (Å²) in [5, 5.41) is 0. The molecule has 0 aromatic heterocycles. The first-order valence-electron chi connectivity index (χ1n) is 9.34. The highest BCUT2D eigenvalue weighted by Crippen LogP contribution is 2.44. The number of nitrogens with zero attached hydrogens (tertiary/aromatic N) is 2. The van der Waals surface area contributed by atoms with Crippen LogP contribution in [-0.2, 0) is 14.3 Å². The van der Waals surface area contributed by atoms with Gasteiger partial charge in [-0.3, -0.25) is 9.59 Å². The summed E-state index contributed by atoms with van der Waals surface area (Å²) in [5.74, 6) is 0.302. The van der Waals surface area contributed by atoms with Crippen molar-refractivity contribution in [3.63, 3.8) is 0 Å². The van der Waals surface area contributed by atoms with Gasteiger partial charge in [0.1, 0.15) is 6.10 Å². The Bertz CT molecular complexity index is 646. The van der Waals surface area contributed by atoms with Gasteiger partial charge < -0.3 is 14.5 Å². The van der Waals surface area contributed by atoms with Crippen LogP contribution >= 0.6 is 0 Å². The minimum atomic E-state index is -0.242. The Balaban J connectivity index is 1.45. The minimum absolute atomic E-state index is 0.0494. The van der Waals surface area contributed by atoms with Gasteiger partial charge in [-0.25, -0.2) is 0 Å². The molecule has 2 amide bonds. The Labute approximate surface area is 148 Å². The van der Waals surface area contributed by atoms with Crippen LogP contribution < -0.4 is 0 Å². The lowest BCUT2D eigenvalue weighted by Crippen LogP contribution is -2.54. The number of benzene rings is 1. The van der Waals surface area contributed by atoms with Crippen LogP contribution in [0.3, 0.4) is 0 Å². The van der Waals surface area contributed by atoms with Crippen LogP contribution in [0.4, 0.5) is 0 Å². The molecule has 5 heteroatoms. The highest BCUT2D eigenvalue weighted by molar-refractivity contribution is 5.87. The monoisotopic (exact) mass is 342 g/mol. The summed E-state index contributed by atoms with van der Waals surface area (Å²) in [7, 11) is 1.93. The van der Waals surface area contributed by atoms with Crippen LogP contribution in [0.2, 0.25) is 0 Å². The van der Waals surface area contributed by atoms with Crippen LogP contribution in [0.25, 0.3) is 0 Å². The van der Waals surface area contributed by atoms with Crippen LogP contribution in [0.1, 0.15) is 43.6 Å². The molecule has 0 bridgehead atoms. The van der Waals surface area contributed by atoms with Gasteiger partial charge in [-0.15, -0.1) is 0 Å². The summed E-state index contributed by atoms with van der Waals surface area (Å²) in [6.45, 7) is 2.14. The van der Waals surface area contributed by atoms with E-state index in [1.165, 1.54) is 0 Å². The number of ether oxygens (including phenoxy) is 1. The molecule has 3 saturated heterocycles. The molecule has 0 saturated carbocycles. The molecule has 3 aliphatic heterocycles. The van der Waals surface area contributed by atoms with Gasteiger partial charge >= 0.3 is 0 Å². The van der Waals surface area contributed by atoms with Gasteiger partial charge in [0, 0.05) is 32.3 Å². The van der Waals surface area contributed by atoms with Crippen LogP contribution in [-0.4, -0.2) is 60.0 Å². The van der Waals surface area contributed by atoms with Gasteiger partial charge in [-0.05, 0) is 37.7 Å². The van der Waals surface area contributed by atoms with Gasteiger partial charge in [-0.2, -0.15) is 0 Å². The molecule has 3 heterocycles. The van der Waals surface area contributed by atoms with Crippen molar-refractivity contribution in [3.05, 3.63) is 35.9 Å². The van der Waals surface area contributed by atoms with Gasteiger partial charge in [0.15, 0.2) is 0 Å². The van der Waals surface area contributed by atoms with E-state index >= 15 is 0 Å². The molecule has 0 aliphatic carbocycles. The second kappa shape index (κ2) is 6.45. The lowest BCUT2D eigenvalue weighted by molar-refractivity contribution is -0.144. The maximum atomic E-state index is 12.8. The maximum absolute atomic E-state index is 12.8. The number of hydrogen-bond acceptors (Lipinski definition) is 3. The SMILES string of the molecule is CN1C(=O)C(c2ccccc2)CC12CCN(C(=O)[C@@H]1CCCO1)CC2. The predicted molar refractivity (Wildman–Crippen MR) is 94.1 cm³/mol. The third-order valence-corrected chi connectivity index (χ3v) is 6.34. The standard InChI is InChI=1S/C20H26N2O3/c1-21-18(23)16(15-6-3-2-4-7-15)14-20(21)9-11-22(12-10-20)19(24)17-8-5-13-25-17/h2-4,6-7,16-17H,5,8-14H2,1H3/t16?,17-/m0/s1. The van der Waals surface area contributed by atoms with Crippen molar-refractivity contribution in [1.29, 1.82) is 0 Å². The van der Waals surface area contributed by atoms with Crippen LogP contribution in [0, 0.1) is 0 Å². The quantitative estimate of drug-likeness (QED) is 0.828. The molecular formula is C20H26N2O3. The molecule has 134 valence electrons. The fourth-order valence-corrected chi connectivity index (χ4v) is 4.68. The van der Waals surface area contributed by atoms with E-state index in [9.17, 15) is 9.59 Å². The molecule has 3 fully saturated rings. The number of rotatable bonds is 2. The number of likely N-dealkylation sites (tertiary alicyclic amines) is 2. The highest BCUT2D eigenvalue weighted by Gasteiger charge is 2.51. The largest absolute Gasteiger partial charge is 0.368 e. The Hall–Kier alpha value is -1.88. The fourth-order valence-electron chi connectivity index (χ4n) is 4.68. The fraction of sp³-hybridized carbons (Fsp3) is 0.600.